The molecule has 0 atom stereocenters. The van der Waals surface area contributed by atoms with E-state index in [9.17, 15) is 4.79 Å². The first-order valence-electron chi connectivity index (χ1n) is 7.79. The Kier molecular flexibility index (Phi) is 4.73. The molecular formula is C17H21N3OS2. The molecule has 1 fully saturated rings. The van der Waals surface area contributed by atoms with Crippen LogP contribution in [0.25, 0.3) is 0 Å². The molecule has 1 aliphatic carbocycles. The highest BCUT2D eigenvalue weighted by molar-refractivity contribution is 8.00. The number of carbonyl (C=O) groups is 1. The molecule has 6 heteroatoms. The summed E-state index contributed by atoms with van der Waals surface area (Å²) in [6.07, 6.45) is 2.47. The topological polar surface area (TPSA) is 54.9 Å². The standard InChI is InChI=1S/C17H21N3OS2/c1-9-7-10(2)15(12(4)21)11(3)14(9)8-22-17-20-19-16(23-17)18-13-5-6-13/h7,13H,5-6,8H2,1-4H3,(H,18,19). The second kappa shape index (κ2) is 6.61. The maximum Gasteiger partial charge on any atom is 0.206 e. The molecule has 3 rings (SSSR count). The molecule has 1 N–H and O–H groups in total. The van der Waals surface area contributed by atoms with Gasteiger partial charge < -0.3 is 5.32 Å². The second-order valence-corrected chi connectivity index (χ2v) is 8.33. The van der Waals surface area contributed by atoms with Crippen LogP contribution >= 0.6 is 23.1 Å². The van der Waals surface area contributed by atoms with Crippen molar-refractivity contribution >= 4 is 34.0 Å². The fourth-order valence-electron chi connectivity index (χ4n) is 2.85. The Balaban J connectivity index is 1.75. The first-order valence-corrected chi connectivity index (χ1v) is 9.59. The number of thioether (sulfide) groups is 1. The van der Waals surface area contributed by atoms with Gasteiger partial charge in [0.2, 0.25) is 5.13 Å². The second-order valence-electron chi connectivity index (χ2n) is 6.13. The molecule has 4 nitrogen and oxygen atoms in total. The number of nitrogens with one attached hydrogen (secondary N) is 1. The van der Waals surface area contributed by atoms with E-state index in [1.54, 1.807) is 30.0 Å². The summed E-state index contributed by atoms with van der Waals surface area (Å²) in [5.74, 6) is 0.953. The lowest BCUT2D eigenvalue weighted by Crippen LogP contribution is -2.05. The van der Waals surface area contributed by atoms with Gasteiger partial charge in [0, 0.05) is 17.4 Å². The monoisotopic (exact) mass is 347 g/mol. The van der Waals surface area contributed by atoms with E-state index in [4.69, 9.17) is 0 Å². The van der Waals surface area contributed by atoms with E-state index in [1.807, 2.05) is 13.8 Å². The van der Waals surface area contributed by atoms with Crippen molar-refractivity contribution in [3.05, 3.63) is 33.9 Å². The zero-order valence-electron chi connectivity index (χ0n) is 13.9. The molecule has 0 unspecified atom stereocenters. The number of rotatable bonds is 6. The number of aryl methyl sites for hydroxylation is 2. The van der Waals surface area contributed by atoms with Gasteiger partial charge in [-0.05, 0) is 62.8 Å². The predicted octanol–water partition coefficient (Wildman–Crippen LogP) is 4.53. The smallest absolute Gasteiger partial charge is 0.206 e. The molecule has 0 spiro atoms. The number of Topliss-reactive ketones (excluding diaryl/α,β-unsaturated/α-hetero) is 1. The molecule has 1 aromatic heterocycles. The Morgan fingerprint density at radius 2 is 2.04 bits per heavy atom. The molecule has 1 heterocycles. The van der Waals surface area contributed by atoms with Gasteiger partial charge in [0.05, 0.1) is 0 Å². The summed E-state index contributed by atoms with van der Waals surface area (Å²) in [4.78, 5) is 11.9. The van der Waals surface area contributed by atoms with E-state index in [0.717, 1.165) is 31.9 Å². The molecule has 0 saturated heterocycles. The maximum atomic E-state index is 11.9. The minimum Gasteiger partial charge on any atom is -0.357 e. The van der Waals surface area contributed by atoms with E-state index in [0.29, 0.717) is 6.04 Å². The lowest BCUT2D eigenvalue weighted by atomic mass is 9.92. The number of anilines is 1. The first-order chi connectivity index (χ1) is 11.0. The highest BCUT2D eigenvalue weighted by Crippen LogP contribution is 2.33. The van der Waals surface area contributed by atoms with Crippen LogP contribution in [-0.2, 0) is 5.75 Å². The lowest BCUT2D eigenvalue weighted by molar-refractivity contribution is 0.101. The Hall–Kier alpha value is -1.40. The summed E-state index contributed by atoms with van der Waals surface area (Å²) in [6, 6.07) is 2.71. The lowest BCUT2D eigenvalue weighted by Gasteiger charge is -2.15. The van der Waals surface area contributed by atoms with Gasteiger partial charge in [0.25, 0.3) is 0 Å². The van der Waals surface area contributed by atoms with Crippen LogP contribution in [0.4, 0.5) is 5.13 Å². The molecular weight excluding hydrogens is 326 g/mol. The summed E-state index contributed by atoms with van der Waals surface area (Å²) in [7, 11) is 0. The van der Waals surface area contributed by atoms with Crippen LogP contribution in [0, 0.1) is 20.8 Å². The summed E-state index contributed by atoms with van der Waals surface area (Å²) >= 11 is 3.30. The van der Waals surface area contributed by atoms with Gasteiger partial charge in [-0.3, -0.25) is 4.79 Å². The Morgan fingerprint density at radius 1 is 1.30 bits per heavy atom. The zero-order chi connectivity index (χ0) is 16.6. The molecule has 122 valence electrons. The van der Waals surface area contributed by atoms with Crippen molar-refractivity contribution in [3.63, 3.8) is 0 Å². The molecule has 0 radical (unpaired) electrons. The number of hydrogen-bond donors (Lipinski definition) is 1. The fraction of sp³-hybridized carbons (Fsp3) is 0.471. The number of nitrogens with zero attached hydrogens (tertiary/aromatic N) is 2. The molecule has 0 amide bonds. The predicted molar refractivity (Wildman–Crippen MR) is 96.8 cm³/mol. The molecule has 1 saturated carbocycles. The Morgan fingerprint density at radius 3 is 2.70 bits per heavy atom. The first kappa shape index (κ1) is 16.5. The largest absolute Gasteiger partial charge is 0.357 e. The normalized spacial score (nSPS) is 14.1. The average Bonchev–Trinajstić information content (AvgIpc) is 3.15. The molecule has 0 bridgehead atoms. The van der Waals surface area contributed by atoms with Gasteiger partial charge in [-0.1, -0.05) is 29.2 Å². The summed E-state index contributed by atoms with van der Waals surface area (Å²) < 4.78 is 0.969. The van der Waals surface area contributed by atoms with Crippen LogP contribution in [-0.4, -0.2) is 22.0 Å². The molecule has 0 aliphatic heterocycles. The summed E-state index contributed by atoms with van der Waals surface area (Å²) in [5, 5.41) is 12.7. The van der Waals surface area contributed by atoms with Crippen molar-refractivity contribution in [1.29, 1.82) is 0 Å². The van der Waals surface area contributed by atoms with Gasteiger partial charge in [-0.2, -0.15) is 0 Å². The van der Waals surface area contributed by atoms with E-state index in [2.05, 4.69) is 28.5 Å². The van der Waals surface area contributed by atoms with Crippen molar-refractivity contribution in [2.75, 3.05) is 5.32 Å². The van der Waals surface area contributed by atoms with Gasteiger partial charge in [0.15, 0.2) is 10.1 Å². The van der Waals surface area contributed by atoms with Crippen molar-refractivity contribution in [1.82, 2.24) is 10.2 Å². The van der Waals surface area contributed by atoms with E-state index in [1.165, 1.54) is 24.0 Å². The van der Waals surface area contributed by atoms with E-state index in [-0.39, 0.29) is 5.78 Å². The minimum absolute atomic E-state index is 0.137. The van der Waals surface area contributed by atoms with E-state index < -0.39 is 0 Å². The van der Waals surface area contributed by atoms with Crippen molar-refractivity contribution in [2.45, 2.75) is 56.7 Å². The third-order valence-corrected chi connectivity index (χ3v) is 6.15. The molecule has 2 aromatic rings. The van der Waals surface area contributed by atoms with Crippen LogP contribution in [0.15, 0.2) is 10.4 Å². The van der Waals surface area contributed by atoms with Crippen molar-refractivity contribution in [3.8, 4) is 0 Å². The van der Waals surface area contributed by atoms with Gasteiger partial charge in [-0.15, -0.1) is 10.2 Å². The Labute approximate surface area is 145 Å². The molecule has 1 aliphatic rings. The highest BCUT2D eigenvalue weighted by Gasteiger charge is 2.22. The summed E-state index contributed by atoms with van der Waals surface area (Å²) in [5.41, 5.74) is 5.49. The Bertz CT molecular complexity index is 751. The van der Waals surface area contributed by atoms with Crippen molar-refractivity contribution in [2.24, 2.45) is 0 Å². The number of aromatic nitrogens is 2. The molecule has 1 aromatic carbocycles. The SMILES string of the molecule is CC(=O)c1c(C)cc(C)c(CSc2nnc(NC3CC3)s2)c1C. The van der Waals surface area contributed by atoms with Gasteiger partial charge in [-0.25, -0.2) is 0 Å². The van der Waals surface area contributed by atoms with Gasteiger partial charge in [0.1, 0.15) is 0 Å². The third kappa shape index (κ3) is 3.75. The van der Waals surface area contributed by atoms with Crippen LogP contribution in [0.1, 0.15) is 52.4 Å². The highest BCUT2D eigenvalue weighted by atomic mass is 32.2. The molecule has 23 heavy (non-hydrogen) atoms. The van der Waals surface area contributed by atoms with Crippen LogP contribution in [0.3, 0.4) is 0 Å². The van der Waals surface area contributed by atoms with Crippen LogP contribution in [0.2, 0.25) is 0 Å². The zero-order valence-corrected chi connectivity index (χ0v) is 15.5. The third-order valence-electron chi connectivity index (χ3n) is 4.13. The van der Waals surface area contributed by atoms with Crippen LogP contribution < -0.4 is 5.32 Å². The number of hydrogen-bond acceptors (Lipinski definition) is 6. The van der Waals surface area contributed by atoms with E-state index >= 15 is 0 Å². The number of ketones is 1. The minimum atomic E-state index is 0.137. The average molecular weight is 348 g/mol. The fourth-order valence-corrected chi connectivity index (χ4v) is 4.87. The van der Waals surface area contributed by atoms with Crippen molar-refractivity contribution < 1.29 is 4.79 Å². The van der Waals surface area contributed by atoms with Gasteiger partial charge >= 0.3 is 0 Å². The number of carbonyl (C=O) groups excluding carboxylic acids is 1. The van der Waals surface area contributed by atoms with Crippen LogP contribution in [0.5, 0.6) is 0 Å². The quantitative estimate of drug-likeness (QED) is 0.614. The summed E-state index contributed by atoms with van der Waals surface area (Å²) in [6.45, 7) is 7.81. The maximum absolute atomic E-state index is 11.9. The number of benzene rings is 1.